The van der Waals surface area contributed by atoms with E-state index in [1.165, 1.54) is 6.42 Å². The Balaban J connectivity index is 2.21. The second-order valence-electron chi connectivity index (χ2n) is 6.60. The molecule has 21 heavy (non-hydrogen) atoms. The highest BCUT2D eigenvalue weighted by Crippen LogP contribution is 2.39. The van der Waals surface area contributed by atoms with Crippen LogP contribution in [0.15, 0.2) is 29.2 Å². The van der Waals surface area contributed by atoms with E-state index in [2.05, 4.69) is 26.1 Å². The van der Waals surface area contributed by atoms with Gasteiger partial charge in [0.05, 0.1) is 16.0 Å². The molecule has 3 unspecified atom stereocenters. The van der Waals surface area contributed by atoms with E-state index in [4.69, 9.17) is 11.6 Å². The van der Waals surface area contributed by atoms with Crippen molar-refractivity contribution in [3.05, 3.63) is 29.3 Å². The first-order valence-electron chi connectivity index (χ1n) is 7.85. The summed E-state index contributed by atoms with van der Waals surface area (Å²) >= 11 is 5.93. The third-order valence-corrected chi connectivity index (χ3v) is 6.51. The van der Waals surface area contributed by atoms with Crippen LogP contribution in [0.3, 0.4) is 0 Å². The van der Waals surface area contributed by atoms with E-state index < -0.39 is 10.8 Å². The van der Waals surface area contributed by atoms with Gasteiger partial charge in [0, 0.05) is 16.0 Å². The van der Waals surface area contributed by atoms with Crippen LogP contribution < -0.4 is 5.32 Å². The van der Waals surface area contributed by atoms with E-state index in [0.717, 1.165) is 30.7 Å². The second-order valence-corrected chi connectivity index (χ2v) is 8.71. The Labute approximate surface area is 136 Å². The van der Waals surface area contributed by atoms with Gasteiger partial charge < -0.3 is 5.32 Å². The number of hydrogen-bond donors (Lipinski definition) is 1. The van der Waals surface area contributed by atoms with Crippen molar-refractivity contribution in [2.24, 2.45) is 5.41 Å². The molecule has 1 aliphatic carbocycles. The van der Waals surface area contributed by atoms with Crippen molar-refractivity contribution in [1.29, 1.82) is 0 Å². The minimum absolute atomic E-state index is 0.182. The van der Waals surface area contributed by atoms with E-state index >= 15 is 0 Å². The van der Waals surface area contributed by atoms with Gasteiger partial charge >= 0.3 is 0 Å². The minimum Gasteiger partial charge on any atom is -0.312 e. The third kappa shape index (κ3) is 4.08. The molecule has 0 aliphatic heterocycles. The number of nitrogens with one attached hydrogen (secondary N) is 1. The lowest BCUT2D eigenvalue weighted by Crippen LogP contribution is -2.54. The number of benzene rings is 1. The van der Waals surface area contributed by atoms with Gasteiger partial charge in [-0.1, -0.05) is 38.8 Å². The largest absolute Gasteiger partial charge is 0.312 e. The number of hydrogen-bond acceptors (Lipinski definition) is 2. The summed E-state index contributed by atoms with van der Waals surface area (Å²) < 4.78 is 13.0. The fraction of sp³-hybridized carbons (Fsp3) is 0.647. The molecule has 0 bridgehead atoms. The van der Waals surface area contributed by atoms with E-state index in [-0.39, 0.29) is 10.7 Å². The van der Waals surface area contributed by atoms with Gasteiger partial charge in [0.15, 0.2) is 0 Å². The van der Waals surface area contributed by atoms with Gasteiger partial charge in [-0.15, -0.1) is 0 Å². The summed E-state index contributed by atoms with van der Waals surface area (Å²) in [6.07, 6.45) is 4.48. The van der Waals surface area contributed by atoms with Crippen LogP contribution in [0.5, 0.6) is 0 Å². The molecule has 0 radical (unpaired) electrons. The Morgan fingerprint density at radius 2 is 2.00 bits per heavy atom. The average Bonchev–Trinajstić information content (AvgIpc) is 2.45. The van der Waals surface area contributed by atoms with Crippen molar-refractivity contribution in [3.8, 4) is 0 Å². The zero-order valence-corrected chi connectivity index (χ0v) is 14.8. The Hall–Kier alpha value is -0.380. The molecule has 1 fully saturated rings. The zero-order chi connectivity index (χ0) is 15.5. The van der Waals surface area contributed by atoms with Gasteiger partial charge in [0.25, 0.3) is 0 Å². The third-order valence-electron chi connectivity index (χ3n) is 4.46. The van der Waals surface area contributed by atoms with Crippen molar-refractivity contribution >= 4 is 22.4 Å². The van der Waals surface area contributed by atoms with Gasteiger partial charge in [-0.05, 0) is 55.5 Å². The molecule has 2 rings (SSSR count). The number of rotatable bonds is 5. The highest BCUT2D eigenvalue weighted by Gasteiger charge is 2.41. The van der Waals surface area contributed by atoms with Crippen LogP contribution in [0.25, 0.3) is 0 Å². The van der Waals surface area contributed by atoms with Gasteiger partial charge in [-0.2, -0.15) is 0 Å². The fourth-order valence-electron chi connectivity index (χ4n) is 3.27. The van der Waals surface area contributed by atoms with Gasteiger partial charge in [0.1, 0.15) is 0 Å². The second kappa shape index (κ2) is 7.26. The Morgan fingerprint density at radius 3 is 2.62 bits per heavy atom. The molecule has 0 heterocycles. The molecule has 1 N–H and O–H groups in total. The highest BCUT2D eigenvalue weighted by molar-refractivity contribution is 7.85. The fourth-order valence-corrected chi connectivity index (χ4v) is 5.24. The quantitative estimate of drug-likeness (QED) is 0.868. The molecular formula is C17H26ClNOS. The normalized spacial score (nSPS) is 26.5. The molecule has 0 amide bonds. The monoisotopic (exact) mass is 327 g/mol. The van der Waals surface area contributed by atoms with Crippen LogP contribution in [0.4, 0.5) is 0 Å². The summed E-state index contributed by atoms with van der Waals surface area (Å²) in [7, 11) is -0.979. The number of halogens is 1. The van der Waals surface area contributed by atoms with Crippen LogP contribution in [0.2, 0.25) is 5.02 Å². The van der Waals surface area contributed by atoms with Crippen LogP contribution in [0, 0.1) is 5.41 Å². The first-order chi connectivity index (χ1) is 9.95. The molecule has 1 aromatic rings. The Morgan fingerprint density at radius 1 is 1.33 bits per heavy atom. The molecule has 0 aromatic heterocycles. The van der Waals surface area contributed by atoms with E-state index in [1.807, 2.05) is 24.3 Å². The summed E-state index contributed by atoms with van der Waals surface area (Å²) in [6, 6.07) is 7.77. The van der Waals surface area contributed by atoms with Crippen LogP contribution in [0.1, 0.15) is 46.5 Å². The molecule has 1 aromatic carbocycles. The van der Waals surface area contributed by atoms with Gasteiger partial charge in [0.2, 0.25) is 0 Å². The minimum atomic E-state index is -0.979. The molecule has 4 heteroatoms. The lowest BCUT2D eigenvalue weighted by atomic mass is 9.73. The van der Waals surface area contributed by atoms with Crippen LogP contribution >= 0.6 is 11.6 Å². The maximum absolute atomic E-state index is 13.0. The van der Waals surface area contributed by atoms with Gasteiger partial charge in [-0.25, -0.2) is 0 Å². The van der Waals surface area contributed by atoms with Crippen molar-refractivity contribution in [2.75, 3.05) is 6.54 Å². The Bertz CT molecular complexity index is 486. The average molecular weight is 328 g/mol. The van der Waals surface area contributed by atoms with E-state index in [1.54, 1.807) is 0 Å². The Kier molecular flexibility index (Phi) is 5.87. The van der Waals surface area contributed by atoms with Crippen molar-refractivity contribution in [2.45, 2.75) is 62.6 Å². The maximum Gasteiger partial charge on any atom is 0.0576 e. The molecule has 0 saturated heterocycles. The molecule has 0 spiro atoms. The highest BCUT2D eigenvalue weighted by atomic mass is 35.5. The summed E-state index contributed by atoms with van der Waals surface area (Å²) in [5, 5.41) is 4.53. The molecule has 2 nitrogen and oxygen atoms in total. The summed E-state index contributed by atoms with van der Waals surface area (Å²) in [5.74, 6) is 0. The molecule has 1 aliphatic rings. The summed E-state index contributed by atoms with van der Waals surface area (Å²) in [6.45, 7) is 7.76. The molecule has 118 valence electrons. The molecule has 3 atom stereocenters. The zero-order valence-electron chi connectivity index (χ0n) is 13.2. The summed E-state index contributed by atoms with van der Waals surface area (Å²) in [5.41, 5.74) is 0.195. The first-order valence-corrected chi connectivity index (χ1v) is 9.44. The lowest BCUT2D eigenvalue weighted by Gasteiger charge is -2.44. The molecular weight excluding hydrogens is 302 g/mol. The van der Waals surface area contributed by atoms with Gasteiger partial charge in [-0.3, -0.25) is 4.21 Å². The van der Waals surface area contributed by atoms with Crippen LogP contribution in [-0.4, -0.2) is 22.0 Å². The smallest absolute Gasteiger partial charge is 0.0576 e. The predicted octanol–water partition coefficient (Wildman–Crippen LogP) is 4.39. The van der Waals surface area contributed by atoms with Crippen molar-refractivity contribution in [1.82, 2.24) is 5.32 Å². The summed E-state index contributed by atoms with van der Waals surface area (Å²) in [4.78, 5) is 0.894. The lowest BCUT2D eigenvalue weighted by molar-refractivity contribution is 0.173. The van der Waals surface area contributed by atoms with E-state index in [0.29, 0.717) is 11.1 Å². The van der Waals surface area contributed by atoms with Crippen molar-refractivity contribution < 1.29 is 4.21 Å². The van der Waals surface area contributed by atoms with Crippen LogP contribution in [-0.2, 0) is 10.8 Å². The standard InChI is InChI=1S/C17H26ClNOS/c1-4-12-19-16-15(6-5-11-17(16,2)3)21(20)14-9-7-13(18)8-10-14/h7-10,15-16,19H,4-6,11-12H2,1-3H3. The maximum atomic E-state index is 13.0. The SMILES string of the molecule is CCCNC1C(S(=O)c2ccc(Cl)cc2)CCCC1(C)C. The topological polar surface area (TPSA) is 29.1 Å². The van der Waals surface area contributed by atoms with E-state index in [9.17, 15) is 4.21 Å². The predicted molar refractivity (Wildman–Crippen MR) is 91.4 cm³/mol. The molecule has 1 saturated carbocycles. The first kappa shape index (κ1) is 17.0. The van der Waals surface area contributed by atoms with Crippen molar-refractivity contribution in [3.63, 3.8) is 0 Å².